The van der Waals surface area contributed by atoms with Crippen LogP contribution < -0.4 is 10.1 Å². The molecule has 0 saturated heterocycles. The van der Waals surface area contributed by atoms with Gasteiger partial charge in [-0.15, -0.1) is 0 Å². The second-order valence-electron chi connectivity index (χ2n) is 4.86. The Morgan fingerprint density at radius 2 is 2.23 bits per heavy atom. The molecule has 1 amide bonds. The highest BCUT2D eigenvalue weighted by Gasteiger charge is 2.10. The number of hydrogen-bond donors (Lipinski definition) is 2. The van der Waals surface area contributed by atoms with Gasteiger partial charge in [-0.3, -0.25) is 4.79 Å². The van der Waals surface area contributed by atoms with Gasteiger partial charge in [0, 0.05) is 18.3 Å². The number of aliphatic hydroxyl groups excluding tert-OH is 1. The highest BCUT2D eigenvalue weighted by molar-refractivity contribution is 6.29. The lowest BCUT2D eigenvalue weighted by Gasteiger charge is -2.13. The van der Waals surface area contributed by atoms with E-state index in [0.717, 1.165) is 5.56 Å². The number of amides is 1. The molecule has 116 valence electrons. The molecule has 1 aromatic carbocycles. The number of aryl methyl sites for hydroxylation is 1. The van der Waals surface area contributed by atoms with Crippen molar-refractivity contribution in [3.8, 4) is 5.75 Å². The number of carbonyl (C=O) groups is 1. The molecule has 0 aliphatic rings. The van der Waals surface area contributed by atoms with Gasteiger partial charge in [0.05, 0.1) is 0 Å². The molecule has 0 saturated carbocycles. The number of benzene rings is 1. The minimum atomic E-state index is -0.804. The summed E-state index contributed by atoms with van der Waals surface area (Å²) in [5, 5.41) is 12.7. The molecular weight excluding hydrogens is 304 g/mol. The molecule has 2 aromatic rings. The van der Waals surface area contributed by atoms with Crippen molar-refractivity contribution in [2.24, 2.45) is 0 Å². The average Bonchev–Trinajstić information content (AvgIpc) is 2.50. The summed E-state index contributed by atoms with van der Waals surface area (Å²) in [7, 11) is 0. The van der Waals surface area contributed by atoms with E-state index in [1.807, 2.05) is 31.2 Å². The highest BCUT2D eigenvalue weighted by Crippen LogP contribution is 2.12. The van der Waals surface area contributed by atoms with Crippen molar-refractivity contribution in [1.29, 1.82) is 0 Å². The van der Waals surface area contributed by atoms with Crippen LogP contribution in [-0.2, 0) is 0 Å². The maximum Gasteiger partial charge on any atom is 0.251 e. The second-order valence-corrected chi connectivity index (χ2v) is 5.25. The summed E-state index contributed by atoms with van der Waals surface area (Å²) < 4.78 is 5.47. The summed E-state index contributed by atoms with van der Waals surface area (Å²) >= 11 is 5.72. The van der Waals surface area contributed by atoms with Crippen LogP contribution in [0.15, 0.2) is 42.6 Å². The van der Waals surface area contributed by atoms with Crippen LogP contribution >= 0.6 is 11.6 Å². The first-order valence-electron chi connectivity index (χ1n) is 6.82. The monoisotopic (exact) mass is 320 g/mol. The predicted molar refractivity (Wildman–Crippen MR) is 84.3 cm³/mol. The number of hydrogen-bond acceptors (Lipinski definition) is 4. The van der Waals surface area contributed by atoms with Gasteiger partial charge in [0.15, 0.2) is 0 Å². The van der Waals surface area contributed by atoms with Crippen molar-refractivity contribution in [2.45, 2.75) is 13.0 Å². The van der Waals surface area contributed by atoms with Crippen LogP contribution in [0.3, 0.4) is 0 Å². The fourth-order valence-electron chi connectivity index (χ4n) is 1.81. The molecule has 6 heteroatoms. The molecule has 2 N–H and O–H groups in total. The zero-order valence-corrected chi connectivity index (χ0v) is 12.9. The SMILES string of the molecule is Cc1cccc(OCC(O)CNC(=O)c2ccnc(Cl)c2)c1. The van der Waals surface area contributed by atoms with Crippen molar-refractivity contribution >= 4 is 17.5 Å². The number of carbonyl (C=O) groups excluding carboxylic acids is 1. The van der Waals surface area contributed by atoms with Crippen LogP contribution in [0.1, 0.15) is 15.9 Å². The van der Waals surface area contributed by atoms with Crippen molar-refractivity contribution in [3.63, 3.8) is 0 Å². The minimum absolute atomic E-state index is 0.0879. The summed E-state index contributed by atoms with van der Waals surface area (Å²) in [6.45, 7) is 2.15. The smallest absolute Gasteiger partial charge is 0.251 e. The normalized spacial score (nSPS) is 11.8. The summed E-state index contributed by atoms with van der Waals surface area (Å²) in [6.07, 6.45) is 0.649. The average molecular weight is 321 g/mol. The quantitative estimate of drug-likeness (QED) is 0.801. The van der Waals surface area contributed by atoms with Gasteiger partial charge in [-0.2, -0.15) is 0 Å². The fraction of sp³-hybridized carbons (Fsp3) is 0.250. The van der Waals surface area contributed by atoms with Crippen LogP contribution in [0, 0.1) is 6.92 Å². The van der Waals surface area contributed by atoms with Crippen LogP contribution in [0.4, 0.5) is 0 Å². The Balaban J connectivity index is 1.78. The van der Waals surface area contributed by atoms with Crippen LogP contribution in [0.5, 0.6) is 5.75 Å². The van der Waals surface area contributed by atoms with Crippen LogP contribution in [0.25, 0.3) is 0 Å². The van der Waals surface area contributed by atoms with E-state index in [2.05, 4.69) is 10.3 Å². The van der Waals surface area contributed by atoms with Gasteiger partial charge < -0.3 is 15.2 Å². The van der Waals surface area contributed by atoms with Gasteiger partial charge in [0.2, 0.25) is 0 Å². The summed E-state index contributed by atoms with van der Waals surface area (Å²) in [6, 6.07) is 10.6. The number of nitrogens with one attached hydrogen (secondary N) is 1. The lowest BCUT2D eigenvalue weighted by atomic mass is 10.2. The molecule has 1 aromatic heterocycles. The molecule has 0 spiro atoms. The second kappa shape index (κ2) is 7.77. The molecule has 5 nitrogen and oxygen atoms in total. The third kappa shape index (κ3) is 5.02. The number of halogens is 1. The van der Waals surface area contributed by atoms with Crippen LogP contribution in [-0.4, -0.2) is 35.3 Å². The Kier molecular flexibility index (Phi) is 5.75. The summed E-state index contributed by atoms with van der Waals surface area (Å²) in [4.78, 5) is 15.7. The number of aromatic nitrogens is 1. The van der Waals surface area contributed by atoms with Crippen molar-refractivity contribution in [1.82, 2.24) is 10.3 Å². The lowest BCUT2D eigenvalue weighted by Crippen LogP contribution is -2.35. The lowest BCUT2D eigenvalue weighted by molar-refractivity contribution is 0.0843. The molecule has 0 fully saturated rings. The first-order valence-corrected chi connectivity index (χ1v) is 7.19. The molecular formula is C16H17ClN2O3. The molecule has 0 bridgehead atoms. The minimum Gasteiger partial charge on any atom is -0.491 e. The van der Waals surface area contributed by atoms with E-state index in [9.17, 15) is 9.90 Å². The van der Waals surface area contributed by atoms with Crippen molar-refractivity contribution in [2.75, 3.05) is 13.2 Å². The highest BCUT2D eigenvalue weighted by atomic mass is 35.5. The zero-order valence-electron chi connectivity index (χ0n) is 12.1. The molecule has 2 rings (SSSR count). The van der Waals surface area contributed by atoms with E-state index in [0.29, 0.717) is 11.3 Å². The van der Waals surface area contributed by atoms with E-state index in [4.69, 9.17) is 16.3 Å². The zero-order chi connectivity index (χ0) is 15.9. The number of aliphatic hydroxyl groups is 1. The number of pyridine rings is 1. The number of ether oxygens (including phenoxy) is 1. The van der Waals surface area contributed by atoms with Gasteiger partial charge in [-0.25, -0.2) is 4.98 Å². The van der Waals surface area contributed by atoms with E-state index in [1.165, 1.54) is 12.3 Å². The Hall–Kier alpha value is -2.11. The largest absolute Gasteiger partial charge is 0.491 e. The van der Waals surface area contributed by atoms with Crippen molar-refractivity contribution < 1.29 is 14.6 Å². The van der Waals surface area contributed by atoms with Gasteiger partial charge in [0.1, 0.15) is 23.6 Å². The van der Waals surface area contributed by atoms with E-state index >= 15 is 0 Å². The van der Waals surface area contributed by atoms with Gasteiger partial charge >= 0.3 is 0 Å². The molecule has 0 aliphatic carbocycles. The number of rotatable bonds is 6. The van der Waals surface area contributed by atoms with E-state index < -0.39 is 6.10 Å². The topological polar surface area (TPSA) is 71.5 Å². The standard InChI is InChI=1S/C16H17ClN2O3/c1-11-3-2-4-14(7-11)22-10-13(20)9-19-16(21)12-5-6-18-15(17)8-12/h2-8,13,20H,9-10H2,1H3,(H,19,21). The van der Waals surface area contributed by atoms with Gasteiger partial charge in [-0.1, -0.05) is 23.7 Å². The predicted octanol–water partition coefficient (Wildman–Crippen LogP) is 2.21. The Morgan fingerprint density at radius 1 is 1.41 bits per heavy atom. The molecule has 1 heterocycles. The summed E-state index contributed by atoms with van der Waals surface area (Å²) in [5.74, 6) is 0.366. The van der Waals surface area contributed by atoms with E-state index in [-0.39, 0.29) is 24.2 Å². The molecule has 0 radical (unpaired) electrons. The maximum absolute atomic E-state index is 11.9. The molecule has 1 unspecified atom stereocenters. The Labute approximate surface area is 133 Å². The van der Waals surface area contributed by atoms with E-state index in [1.54, 1.807) is 6.07 Å². The fourth-order valence-corrected chi connectivity index (χ4v) is 1.99. The molecule has 1 atom stereocenters. The van der Waals surface area contributed by atoms with Gasteiger partial charge in [-0.05, 0) is 36.8 Å². The first-order chi connectivity index (χ1) is 10.5. The maximum atomic E-state index is 11.9. The molecule has 0 aliphatic heterocycles. The van der Waals surface area contributed by atoms with Gasteiger partial charge in [0.25, 0.3) is 5.91 Å². The summed E-state index contributed by atoms with van der Waals surface area (Å²) in [5.41, 5.74) is 1.47. The third-order valence-electron chi connectivity index (χ3n) is 2.92. The number of nitrogens with zero attached hydrogens (tertiary/aromatic N) is 1. The van der Waals surface area contributed by atoms with Crippen LogP contribution in [0.2, 0.25) is 5.15 Å². The molecule has 22 heavy (non-hydrogen) atoms. The Morgan fingerprint density at radius 3 is 2.95 bits per heavy atom. The Bertz CT molecular complexity index is 649. The van der Waals surface area contributed by atoms with Crippen molar-refractivity contribution in [3.05, 3.63) is 58.9 Å². The third-order valence-corrected chi connectivity index (χ3v) is 3.13. The first kappa shape index (κ1) is 16.3.